The molecule has 1 atom stereocenters. The van der Waals surface area contributed by atoms with E-state index in [9.17, 15) is 9.50 Å². The monoisotopic (exact) mass is 209 g/mol. The standard InChI is InChI=1S/C12H16FNO/c1-7-9(13)4-5-11(15)12(7)10(14)6-8-2-3-8/h4-5,8,10,15H,2-3,6,14H2,1H3. The van der Waals surface area contributed by atoms with E-state index in [1.165, 1.54) is 25.0 Å². The molecule has 3 heteroatoms. The first kappa shape index (κ1) is 10.4. The summed E-state index contributed by atoms with van der Waals surface area (Å²) in [6.07, 6.45) is 3.27. The van der Waals surface area contributed by atoms with Crippen LogP contribution in [0.5, 0.6) is 5.75 Å². The minimum atomic E-state index is -0.297. The largest absolute Gasteiger partial charge is 0.508 e. The number of hydrogen-bond donors (Lipinski definition) is 2. The van der Waals surface area contributed by atoms with E-state index in [1.807, 2.05) is 0 Å². The zero-order valence-electron chi connectivity index (χ0n) is 8.83. The zero-order valence-corrected chi connectivity index (χ0v) is 8.83. The first-order valence-electron chi connectivity index (χ1n) is 5.33. The van der Waals surface area contributed by atoms with Crippen LogP contribution in [0.3, 0.4) is 0 Å². The van der Waals surface area contributed by atoms with Gasteiger partial charge in [0, 0.05) is 11.6 Å². The molecule has 82 valence electrons. The van der Waals surface area contributed by atoms with Crippen molar-refractivity contribution in [2.24, 2.45) is 11.7 Å². The summed E-state index contributed by atoms with van der Waals surface area (Å²) in [4.78, 5) is 0. The predicted molar refractivity (Wildman–Crippen MR) is 57.1 cm³/mol. The van der Waals surface area contributed by atoms with E-state index in [2.05, 4.69) is 0 Å². The van der Waals surface area contributed by atoms with Crippen molar-refractivity contribution in [3.8, 4) is 5.75 Å². The van der Waals surface area contributed by atoms with Crippen LogP contribution in [0.2, 0.25) is 0 Å². The van der Waals surface area contributed by atoms with Gasteiger partial charge in [-0.15, -0.1) is 0 Å². The van der Waals surface area contributed by atoms with Crippen molar-refractivity contribution in [2.75, 3.05) is 0 Å². The molecule has 1 aromatic rings. The van der Waals surface area contributed by atoms with Crippen molar-refractivity contribution in [3.05, 3.63) is 29.1 Å². The summed E-state index contributed by atoms with van der Waals surface area (Å²) >= 11 is 0. The van der Waals surface area contributed by atoms with Crippen LogP contribution >= 0.6 is 0 Å². The number of phenolic OH excluding ortho intramolecular Hbond substituents is 1. The molecule has 1 saturated carbocycles. The third-order valence-corrected chi connectivity index (χ3v) is 3.08. The maximum atomic E-state index is 13.3. The van der Waals surface area contributed by atoms with E-state index >= 15 is 0 Å². The SMILES string of the molecule is Cc1c(F)ccc(O)c1C(N)CC1CC1. The zero-order chi connectivity index (χ0) is 11.0. The third kappa shape index (κ3) is 2.12. The smallest absolute Gasteiger partial charge is 0.126 e. The predicted octanol–water partition coefficient (Wildman–Crippen LogP) is 2.64. The summed E-state index contributed by atoms with van der Waals surface area (Å²) in [6.45, 7) is 1.66. The Labute approximate surface area is 88.9 Å². The van der Waals surface area contributed by atoms with E-state index in [0.29, 0.717) is 17.0 Å². The summed E-state index contributed by atoms with van der Waals surface area (Å²) in [5.41, 5.74) is 7.03. The maximum Gasteiger partial charge on any atom is 0.126 e. The molecule has 0 amide bonds. The molecule has 15 heavy (non-hydrogen) atoms. The normalized spacial score (nSPS) is 17.8. The van der Waals surface area contributed by atoms with Gasteiger partial charge in [-0.25, -0.2) is 4.39 Å². The fourth-order valence-electron chi connectivity index (χ4n) is 1.99. The molecular formula is C12H16FNO. The first-order chi connectivity index (χ1) is 7.09. The van der Waals surface area contributed by atoms with E-state index in [-0.39, 0.29) is 17.6 Å². The number of phenols is 1. The molecule has 0 heterocycles. The van der Waals surface area contributed by atoms with Crippen molar-refractivity contribution in [3.63, 3.8) is 0 Å². The topological polar surface area (TPSA) is 46.2 Å². The molecule has 0 bridgehead atoms. The highest BCUT2D eigenvalue weighted by Crippen LogP contribution is 2.39. The number of halogens is 1. The second kappa shape index (κ2) is 3.81. The van der Waals surface area contributed by atoms with Gasteiger partial charge in [0.15, 0.2) is 0 Å². The van der Waals surface area contributed by atoms with Gasteiger partial charge in [0.1, 0.15) is 11.6 Å². The summed E-state index contributed by atoms with van der Waals surface area (Å²) < 4.78 is 13.3. The van der Waals surface area contributed by atoms with Gasteiger partial charge < -0.3 is 10.8 Å². The summed E-state index contributed by atoms with van der Waals surface area (Å²) in [5, 5.41) is 9.67. The van der Waals surface area contributed by atoms with Gasteiger partial charge in [0.25, 0.3) is 0 Å². The molecule has 0 aromatic heterocycles. The highest BCUT2D eigenvalue weighted by atomic mass is 19.1. The van der Waals surface area contributed by atoms with Crippen molar-refractivity contribution in [1.29, 1.82) is 0 Å². The van der Waals surface area contributed by atoms with Gasteiger partial charge in [-0.1, -0.05) is 12.8 Å². The van der Waals surface area contributed by atoms with E-state index in [0.717, 1.165) is 6.42 Å². The van der Waals surface area contributed by atoms with Crippen LogP contribution < -0.4 is 5.73 Å². The Bertz CT molecular complexity index is 374. The lowest BCUT2D eigenvalue weighted by Crippen LogP contribution is -2.13. The van der Waals surface area contributed by atoms with Crippen molar-refractivity contribution < 1.29 is 9.50 Å². The molecule has 1 aromatic carbocycles. The van der Waals surface area contributed by atoms with E-state index in [4.69, 9.17) is 5.73 Å². The minimum absolute atomic E-state index is 0.113. The fraction of sp³-hybridized carbons (Fsp3) is 0.500. The van der Waals surface area contributed by atoms with Crippen LogP contribution in [0.15, 0.2) is 12.1 Å². The molecule has 2 rings (SSSR count). The van der Waals surface area contributed by atoms with Gasteiger partial charge >= 0.3 is 0 Å². The number of aromatic hydroxyl groups is 1. The van der Waals surface area contributed by atoms with Gasteiger partial charge in [-0.2, -0.15) is 0 Å². The summed E-state index contributed by atoms with van der Waals surface area (Å²) in [5.74, 6) is 0.484. The molecule has 1 unspecified atom stereocenters. The lowest BCUT2D eigenvalue weighted by Gasteiger charge is -2.16. The van der Waals surface area contributed by atoms with Gasteiger partial charge in [0.05, 0.1) is 0 Å². The van der Waals surface area contributed by atoms with Crippen LogP contribution in [0, 0.1) is 18.7 Å². The highest BCUT2D eigenvalue weighted by Gasteiger charge is 2.26. The molecule has 0 radical (unpaired) electrons. The van der Waals surface area contributed by atoms with Gasteiger partial charge in [-0.05, 0) is 37.0 Å². The van der Waals surface area contributed by atoms with Crippen LogP contribution in [-0.4, -0.2) is 5.11 Å². The highest BCUT2D eigenvalue weighted by molar-refractivity contribution is 5.41. The molecule has 0 saturated heterocycles. The Morgan fingerprint density at radius 2 is 2.20 bits per heavy atom. The Balaban J connectivity index is 2.27. The molecule has 1 aliphatic rings. The third-order valence-electron chi connectivity index (χ3n) is 3.08. The van der Waals surface area contributed by atoms with Crippen LogP contribution in [-0.2, 0) is 0 Å². The quantitative estimate of drug-likeness (QED) is 0.803. The van der Waals surface area contributed by atoms with Gasteiger partial charge in [0.2, 0.25) is 0 Å². The first-order valence-corrected chi connectivity index (χ1v) is 5.33. The van der Waals surface area contributed by atoms with Crippen molar-refractivity contribution in [2.45, 2.75) is 32.2 Å². The lowest BCUT2D eigenvalue weighted by molar-refractivity contribution is 0.450. The molecular weight excluding hydrogens is 193 g/mol. The average Bonchev–Trinajstić information content (AvgIpc) is 2.96. The van der Waals surface area contributed by atoms with Crippen LogP contribution in [0.25, 0.3) is 0 Å². The Kier molecular flexibility index (Phi) is 2.65. The van der Waals surface area contributed by atoms with Crippen LogP contribution in [0.4, 0.5) is 4.39 Å². The maximum absolute atomic E-state index is 13.3. The van der Waals surface area contributed by atoms with Gasteiger partial charge in [-0.3, -0.25) is 0 Å². The fourth-order valence-corrected chi connectivity index (χ4v) is 1.99. The molecule has 2 nitrogen and oxygen atoms in total. The van der Waals surface area contributed by atoms with Crippen molar-refractivity contribution in [1.82, 2.24) is 0 Å². The summed E-state index contributed by atoms with van der Waals surface area (Å²) in [6, 6.07) is 2.41. The second-order valence-corrected chi connectivity index (χ2v) is 4.39. The van der Waals surface area contributed by atoms with Crippen molar-refractivity contribution >= 4 is 0 Å². The number of benzene rings is 1. The lowest BCUT2D eigenvalue weighted by atomic mass is 9.96. The van der Waals surface area contributed by atoms with E-state index < -0.39 is 0 Å². The van der Waals surface area contributed by atoms with Crippen LogP contribution in [0.1, 0.15) is 36.4 Å². The summed E-state index contributed by atoms with van der Waals surface area (Å²) in [7, 11) is 0. The second-order valence-electron chi connectivity index (χ2n) is 4.39. The Morgan fingerprint density at radius 1 is 1.53 bits per heavy atom. The molecule has 0 spiro atoms. The van der Waals surface area contributed by atoms with E-state index in [1.54, 1.807) is 6.92 Å². The minimum Gasteiger partial charge on any atom is -0.508 e. The molecule has 1 fully saturated rings. The molecule has 0 aliphatic heterocycles. The Hall–Kier alpha value is -1.09. The Morgan fingerprint density at radius 3 is 2.80 bits per heavy atom. The number of nitrogens with two attached hydrogens (primary N) is 1. The molecule has 1 aliphatic carbocycles. The number of rotatable bonds is 3. The molecule has 3 N–H and O–H groups in total. The number of hydrogen-bond acceptors (Lipinski definition) is 2. The average molecular weight is 209 g/mol.